The fourth-order valence-corrected chi connectivity index (χ4v) is 1.85. The monoisotopic (exact) mass is 276 g/mol. The van der Waals surface area contributed by atoms with E-state index in [0.717, 1.165) is 5.69 Å². The Morgan fingerprint density at radius 2 is 2.25 bits per heavy atom. The molecular weight excluding hydrogens is 256 g/mol. The van der Waals surface area contributed by atoms with Crippen molar-refractivity contribution in [3.8, 4) is 0 Å². The number of nitrogens with zero attached hydrogens (tertiary/aromatic N) is 4. The lowest BCUT2D eigenvalue weighted by Crippen LogP contribution is -2.22. The zero-order chi connectivity index (χ0) is 14.4. The summed E-state index contributed by atoms with van der Waals surface area (Å²) in [6.45, 7) is 3.29. The van der Waals surface area contributed by atoms with Crippen LogP contribution in [0.4, 0.5) is 0 Å². The van der Waals surface area contributed by atoms with E-state index in [1.807, 2.05) is 25.2 Å². The Labute approximate surface area is 118 Å². The van der Waals surface area contributed by atoms with Gasteiger partial charge in [0.05, 0.1) is 18.8 Å². The molecule has 20 heavy (non-hydrogen) atoms. The molecular formula is C14H20N4O2. The summed E-state index contributed by atoms with van der Waals surface area (Å²) in [4.78, 5) is 10.8. The fraction of sp³-hybridized carbons (Fsp3) is 0.500. The molecule has 2 aromatic heterocycles. The smallest absolute Gasteiger partial charge is 0.240 e. The summed E-state index contributed by atoms with van der Waals surface area (Å²) in [5, 5.41) is 3.93. The number of ether oxygens (including phenoxy) is 1. The van der Waals surface area contributed by atoms with Crippen LogP contribution in [-0.2, 0) is 17.7 Å². The second-order valence-corrected chi connectivity index (χ2v) is 4.69. The molecule has 2 aromatic rings. The molecule has 0 N–H and O–H groups in total. The number of hydrogen-bond donors (Lipinski definition) is 0. The van der Waals surface area contributed by atoms with Crippen molar-refractivity contribution in [1.82, 2.24) is 20.0 Å². The Hall–Kier alpha value is -1.79. The van der Waals surface area contributed by atoms with E-state index >= 15 is 0 Å². The zero-order valence-corrected chi connectivity index (χ0v) is 12.1. The van der Waals surface area contributed by atoms with Crippen LogP contribution in [0.3, 0.4) is 0 Å². The highest BCUT2D eigenvalue weighted by Gasteiger charge is 2.16. The van der Waals surface area contributed by atoms with Crippen LogP contribution in [0.1, 0.15) is 30.4 Å². The molecule has 0 radical (unpaired) electrons. The van der Waals surface area contributed by atoms with Crippen molar-refractivity contribution in [2.24, 2.45) is 0 Å². The Balaban J connectivity index is 1.93. The molecule has 108 valence electrons. The standard InChI is InChI=1S/C14H20N4O2/c1-11(12-6-4-5-8-15-12)18(2)10-14-16-13(17-20-14)7-9-19-3/h4-6,8,11H,7,9-10H2,1-3H3/t11-/m1/s1. The van der Waals surface area contributed by atoms with Crippen molar-refractivity contribution < 1.29 is 9.26 Å². The summed E-state index contributed by atoms with van der Waals surface area (Å²) >= 11 is 0. The van der Waals surface area contributed by atoms with Crippen molar-refractivity contribution in [1.29, 1.82) is 0 Å². The predicted octanol–water partition coefficient (Wildman–Crippen LogP) is 1.85. The van der Waals surface area contributed by atoms with Crippen LogP contribution in [0.2, 0.25) is 0 Å². The first-order valence-electron chi connectivity index (χ1n) is 6.62. The van der Waals surface area contributed by atoms with Crippen molar-refractivity contribution in [3.05, 3.63) is 41.8 Å². The van der Waals surface area contributed by atoms with Crippen LogP contribution in [0.5, 0.6) is 0 Å². The van der Waals surface area contributed by atoms with Crippen LogP contribution in [0.25, 0.3) is 0 Å². The average Bonchev–Trinajstić information content (AvgIpc) is 2.92. The molecule has 0 unspecified atom stereocenters. The molecule has 0 saturated heterocycles. The van der Waals surface area contributed by atoms with Gasteiger partial charge in [0, 0.05) is 25.8 Å². The minimum Gasteiger partial charge on any atom is -0.384 e. The van der Waals surface area contributed by atoms with Crippen molar-refractivity contribution in [2.75, 3.05) is 20.8 Å². The second kappa shape index (κ2) is 7.12. The van der Waals surface area contributed by atoms with Gasteiger partial charge in [0.2, 0.25) is 5.89 Å². The molecule has 0 aliphatic carbocycles. The van der Waals surface area contributed by atoms with Gasteiger partial charge in [-0.3, -0.25) is 9.88 Å². The molecule has 0 amide bonds. The largest absolute Gasteiger partial charge is 0.384 e. The van der Waals surface area contributed by atoms with E-state index in [1.165, 1.54) is 0 Å². The quantitative estimate of drug-likeness (QED) is 0.769. The molecule has 6 heteroatoms. The molecule has 1 atom stereocenters. The minimum absolute atomic E-state index is 0.186. The Kier molecular flexibility index (Phi) is 5.20. The van der Waals surface area contributed by atoms with Gasteiger partial charge in [-0.15, -0.1) is 0 Å². The van der Waals surface area contributed by atoms with E-state index in [-0.39, 0.29) is 6.04 Å². The third-order valence-electron chi connectivity index (χ3n) is 3.20. The minimum atomic E-state index is 0.186. The highest BCUT2D eigenvalue weighted by atomic mass is 16.5. The van der Waals surface area contributed by atoms with E-state index < -0.39 is 0 Å². The maximum atomic E-state index is 5.24. The van der Waals surface area contributed by atoms with Crippen LogP contribution in [-0.4, -0.2) is 40.8 Å². The summed E-state index contributed by atoms with van der Waals surface area (Å²) in [5.41, 5.74) is 1.02. The maximum absolute atomic E-state index is 5.24. The molecule has 0 aliphatic rings. The Bertz CT molecular complexity index is 515. The lowest BCUT2D eigenvalue weighted by molar-refractivity contribution is 0.199. The SMILES string of the molecule is COCCc1noc(CN(C)[C@H](C)c2ccccn2)n1. The van der Waals surface area contributed by atoms with Crippen LogP contribution < -0.4 is 0 Å². The van der Waals surface area contributed by atoms with E-state index in [2.05, 4.69) is 26.9 Å². The molecule has 2 rings (SSSR count). The lowest BCUT2D eigenvalue weighted by Gasteiger charge is -2.22. The third-order valence-corrected chi connectivity index (χ3v) is 3.20. The lowest BCUT2D eigenvalue weighted by atomic mass is 10.2. The van der Waals surface area contributed by atoms with Crippen molar-refractivity contribution in [3.63, 3.8) is 0 Å². The molecule has 0 fully saturated rings. The number of methoxy groups -OCH3 is 1. The second-order valence-electron chi connectivity index (χ2n) is 4.69. The predicted molar refractivity (Wildman–Crippen MR) is 74.0 cm³/mol. The first-order chi connectivity index (χ1) is 9.70. The molecule has 0 aromatic carbocycles. The van der Waals surface area contributed by atoms with Gasteiger partial charge in [-0.1, -0.05) is 11.2 Å². The van der Waals surface area contributed by atoms with Crippen LogP contribution in [0.15, 0.2) is 28.9 Å². The Morgan fingerprint density at radius 1 is 1.40 bits per heavy atom. The van der Waals surface area contributed by atoms with Gasteiger partial charge in [-0.05, 0) is 26.1 Å². The highest BCUT2D eigenvalue weighted by molar-refractivity contribution is 5.07. The summed E-state index contributed by atoms with van der Waals surface area (Å²) in [6.07, 6.45) is 2.47. The van der Waals surface area contributed by atoms with Crippen LogP contribution >= 0.6 is 0 Å². The molecule has 0 saturated carbocycles. The molecule has 2 heterocycles. The summed E-state index contributed by atoms with van der Waals surface area (Å²) in [7, 11) is 3.67. The highest BCUT2D eigenvalue weighted by Crippen LogP contribution is 2.17. The topological polar surface area (TPSA) is 64.3 Å². The van der Waals surface area contributed by atoms with Gasteiger partial charge < -0.3 is 9.26 Å². The van der Waals surface area contributed by atoms with Gasteiger partial charge in [0.1, 0.15) is 0 Å². The molecule has 6 nitrogen and oxygen atoms in total. The van der Waals surface area contributed by atoms with Gasteiger partial charge in [0.15, 0.2) is 5.82 Å². The average molecular weight is 276 g/mol. The molecule has 0 aliphatic heterocycles. The Morgan fingerprint density at radius 3 is 2.95 bits per heavy atom. The van der Waals surface area contributed by atoms with Crippen LogP contribution in [0, 0.1) is 0 Å². The fourth-order valence-electron chi connectivity index (χ4n) is 1.85. The zero-order valence-electron chi connectivity index (χ0n) is 12.1. The van der Waals surface area contributed by atoms with E-state index in [4.69, 9.17) is 9.26 Å². The first kappa shape index (κ1) is 14.6. The molecule has 0 bridgehead atoms. The van der Waals surface area contributed by atoms with Crippen molar-refractivity contribution in [2.45, 2.75) is 25.9 Å². The van der Waals surface area contributed by atoms with E-state index in [9.17, 15) is 0 Å². The first-order valence-corrected chi connectivity index (χ1v) is 6.62. The summed E-state index contributed by atoms with van der Waals surface area (Å²) in [5.74, 6) is 1.29. The molecule has 0 spiro atoms. The number of rotatable bonds is 7. The third kappa shape index (κ3) is 3.85. The van der Waals surface area contributed by atoms with Gasteiger partial charge in [-0.25, -0.2) is 0 Å². The van der Waals surface area contributed by atoms with Gasteiger partial charge in [0.25, 0.3) is 0 Å². The van der Waals surface area contributed by atoms with E-state index in [1.54, 1.807) is 13.3 Å². The number of pyridine rings is 1. The van der Waals surface area contributed by atoms with Gasteiger partial charge >= 0.3 is 0 Å². The van der Waals surface area contributed by atoms with Crippen molar-refractivity contribution >= 4 is 0 Å². The summed E-state index contributed by atoms with van der Waals surface area (Å²) < 4.78 is 10.2. The number of aromatic nitrogens is 3. The van der Waals surface area contributed by atoms with Gasteiger partial charge in [-0.2, -0.15) is 4.98 Å². The summed E-state index contributed by atoms with van der Waals surface area (Å²) in [6, 6.07) is 6.10. The number of hydrogen-bond acceptors (Lipinski definition) is 6. The van der Waals surface area contributed by atoms with E-state index in [0.29, 0.717) is 31.3 Å². The maximum Gasteiger partial charge on any atom is 0.240 e. The normalized spacial score (nSPS) is 12.8.